The topological polar surface area (TPSA) is 30.0 Å². The highest BCUT2D eigenvalue weighted by Crippen LogP contribution is 2.34. The average molecular weight is 298 g/mol. The first kappa shape index (κ1) is 12.2. The number of rotatable bonds is 1. The minimum atomic E-state index is 0.145. The van der Waals surface area contributed by atoms with Crippen molar-refractivity contribution in [3.8, 4) is 10.6 Å². The van der Waals surface area contributed by atoms with Crippen LogP contribution >= 0.6 is 34.5 Å². The van der Waals surface area contributed by atoms with Crippen molar-refractivity contribution in [3.63, 3.8) is 0 Å². The molecular weight excluding hydrogens is 289 g/mol. The van der Waals surface area contributed by atoms with Crippen LogP contribution in [0.15, 0.2) is 18.2 Å². The van der Waals surface area contributed by atoms with E-state index in [4.69, 9.17) is 23.2 Å². The lowest BCUT2D eigenvalue weighted by molar-refractivity contribution is 0.0968. The average Bonchev–Trinajstić information content (AvgIpc) is 2.73. The highest BCUT2D eigenvalue weighted by Gasteiger charge is 2.22. The zero-order valence-corrected chi connectivity index (χ0v) is 11.7. The molecule has 1 aliphatic rings. The molecule has 0 fully saturated rings. The summed E-state index contributed by atoms with van der Waals surface area (Å²) in [4.78, 5) is 17.3. The minimum Gasteiger partial charge on any atom is -0.292 e. The molecule has 1 heterocycles. The van der Waals surface area contributed by atoms with Crippen LogP contribution in [-0.2, 0) is 6.42 Å². The Morgan fingerprint density at radius 1 is 1.11 bits per heavy atom. The SMILES string of the molecule is O=C1CCCc2sc(-c3cc(Cl)cc(Cl)c3)nc21. The van der Waals surface area contributed by atoms with Crippen molar-refractivity contribution in [1.82, 2.24) is 4.98 Å². The number of aryl methyl sites for hydroxylation is 1. The smallest absolute Gasteiger partial charge is 0.182 e. The summed E-state index contributed by atoms with van der Waals surface area (Å²) in [6.45, 7) is 0. The molecule has 1 aromatic heterocycles. The summed E-state index contributed by atoms with van der Waals surface area (Å²) >= 11 is 13.5. The zero-order valence-electron chi connectivity index (χ0n) is 9.37. The van der Waals surface area contributed by atoms with Crippen molar-refractivity contribution in [2.45, 2.75) is 19.3 Å². The maximum atomic E-state index is 11.8. The van der Waals surface area contributed by atoms with Gasteiger partial charge in [-0.3, -0.25) is 4.79 Å². The van der Waals surface area contributed by atoms with Gasteiger partial charge in [0, 0.05) is 26.9 Å². The number of carbonyl (C=O) groups excluding carboxylic acids is 1. The summed E-state index contributed by atoms with van der Waals surface area (Å²) < 4.78 is 0. The molecule has 2 nitrogen and oxygen atoms in total. The van der Waals surface area contributed by atoms with E-state index >= 15 is 0 Å². The molecule has 0 spiro atoms. The second-order valence-corrected chi connectivity index (χ2v) is 6.18. The van der Waals surface area contributed by atoms with Crippen molar-refractivity contribution in [2.24, 2.45) is 0 Å². The van der Waals surface area contributed by atoms with Crippen LogP contribution in [0.4, 0.5) is 0 Å². The second-order valence-electron chi connectivity index (χ2n) is 4.23. The van der Waals surface area contributed by atoms with E-state index < -0.39 is 0 Å². The standard InChI is InChI=1S/C13H9Cl2NOS/c14-8-4-7(5-9(15)6-8)13-16-12-10(17)2-1-3-11(12)18-13/h4-6H,1-3H2. The molecule has 0 N–H and O–H groups in total. The van der Waals surface area contributed by atoms with Crippen LogP contribution in [0.1, 0.15) is 28.2 Å². The van der Waals surface area contributed by atoms with Crippen LogP contribution in [0, 0.1) is 0 Å². The number of ketones is 1. The van der Waals surface area contributed by atoms with E-state index in [0.717, 1.165) is 28.3 Å². The lowest BCUT2D eigenvalue weighted by Crippen LogP contribution is -2.08. The number of halogens is 2. The summed E-state index contributed by atoms with van der Waals surface area (Å²) in [5, 5.41) is 1.98. The molecule has 92 valence electrons. The van der Waals surface area contributed by atoms with Crippen LogP contribution < -0.4 is 0 Å². The van der Waals surface area contributed by atoms with Gasteiger partial charge in [-0.1, -0.05) is 23.2 Å². The molecular formula is C13H9Cl2NOS. The van der Waals surface area contributed by atoms with Crippen molar-refractivity contribution < 1.29 is 4.79 Å². The lowest BCUT2D eigenvalue weighted by Gasteiger charge is -2.06. The van der Waals surface area contributed by atoms with Crippen LogP contribution in [0.2, 0.25) is 10.0 Å². The molecule has 0 atom stereocenters. The van der Waals surface area contributed by atoms with Gasteiger partial charge in [-0.15, -0.1) is 11.3 Å². The number of carbonyl (C=O) groups is 1. The number of nitrogens with zero attached hydrogens (tertiary/aromatic N) is 1. The summed E-state index contributed by atoms with van der Waals surface area (Å²) in [6, 6.07) is 5.33. The number of hydrogen-bond donors (Lipinski definition) is 0. The van der Waals surface area contributed by atoms with Crippen molar-refractivity contribution in [3.05, 3.63) is 38.8 Å². The fourth-order valence-corrected chi connectivity index (χ4v) is 3.70. The Labute approximate surface area is 119 Å². The predicted molar refractivity (Wildman–Crippen MR) is 74.8 cm³/mol. The van der Waals surface area contributed by atoms with E-state index in [9.17, 15) is 4.79 Å². The Balaban J connectivity index is 2.10. The normalized spacial score (nSPS) is 14.7. The monoisotopic (exact) mass is 297 g/mol. The fourth-order valence-electron chi connectivity index (χ4n) is 2.07. The van der Waals surface area contributed by atoms with E-state index in [1.165, 1.54) is 0 Å². The van der Waals surface area contributed by atoms with E-state index in [-0.39, 0.29) is 5.78 Å². The molecule has 5 heteroatoms. The largest absolute Gasteiger partial charge is 0.292 e. The van der Waals surface area contributed by atoms with Gasteiger partial charge in [-0.05, 0) is 31.0 Å². The third kappa shape index (κ3) is 2.18. The van der Waals surface area contributed by atoms with Gasteiger partial charge in [0.15, 0.2) is 5.78 Å². The number of Topliss-reactive ketones (excluding diaryl/α,β-unsaturated/α-hetero) is 1. The van der Waals surface area contributed by atoms with Gasteiger partial charge in [0.1, 0.15) is 10.7 Å². The molecule has 0 amide bonds. The highest BCUT2D eigenvalue weighted by molar-refractivity contribution is 7.15. The summed E-state index contributed by atoms with van der Waals surface area (Å²) in [6.07, 6.45) is 2.46. The molecule has 1 aliphatic carbocycles. The van der Waals surface area contributed by atoms with E-state index in [2.05, 4.69) is 4.98 Å². The third-order valence-corrected chi connectivity index (χ3v) is 4.48. The number of fused-ring (bicyclic) bond motifs is 1. The molecule has 1 aromatic carbocycles. The maximum Gasteiger partial charge on any atom is 0.182 e. The van der Waals surface area contributed by atoms with Crippen LogP contribution in [0.5, 0.6) is 0 Å². The Morgan fingerprint density at radius 2 is 1.83 bits per heavy atom. The Morgan fingerprint density at radius 3 is 2.50 bits per heavy atom. The van der Waals surface area contributed by atoms with Gasteiger partial charge in [0.25, 0.3) is 0 Å². The van der Waals surface area contributed by atoms with Gasteiger partial charge < -0.3 is 0 Å². The number of hydrogen-bond acceptors (Lipinski definition) is 3. The Kier molecular flexibility index (Phi) is 3.14. The van der Waals surface area contributed by atoms with Crippen LogP contribution in [0.25, 0.3) is 10.6 Å². The highest BCUT2D eigenvalue weighted by atomic mass is 35.5. The third-order valence-electron chi connectivity index (χ3n) is 2.88. The van der Waals surface area contributed by atoms with Crippen molar-refractivity contribution in [1.29, 1.82) is 0 Å². The quantitative estimate of drug-likeness (QED) is 0.768. The second kappa shape index (κ2) is 4.65. The number of aromatic nitrogens is 1. The molecule has 3 rings (SSSR count). The molecule has 0 saturated heterocycles. The van der Waals surface area contributed by atoms with Crippen LogP contribution in [-0.4, -0.2) is 10.8 Å². The molecule has 0 bridgehead atoms. The molecule has 0 radical (unpaired) electrons. The maximum absolute atomic E-state index is 11.8. The molecule has 0 saturated carbocycles. The van der Waals surface area contributed by atoms with E-state index in [0.29, 0.717) is 22.2 Å². The Hall–Kier alpha value is -0.900. The first-order valence-electron chi connectivity index (χ1n) is 5.63. The molecule has 18 heavy (non-hydrogen) atoms. The summed E-state index contributed by atoms with van der Waals surface area (Å²) in [7, 11) is 0. The summed E-state index contributed by atoms with van der Waals surface area (Å²) in [5.41, 5.74) is 1.51. The van der Waals surface area contributed by atoms with Gasteiger partial charge in [-0.25, -0.2) is 4.98 Å². The van der Waals surface area contributed by atoms with Crippen molar-refractivity contribution in [2.75, 3.05) is 0 Å². The summed E-state index contributed by atoms with van der Waals surface area (Å²) in [5.74, 6) is 0.145. The zero-order chi connectivity index (χ0) is 12.7. The number of benzene rings is 1. The lowest BCUT2D eigenvalue weighted by atomic mass is 10.0. The van der Waals surface area contributed by atoms with Gasteiger partial charge in [0.2, 0.25) is 0 Å². The van der Waals surface area contributed by atoms with E-state index in [1.807, 2.05) is 12.1 Å². The fraction of sp³-hybridized carbons (Fsp3) is 0.231. The van der Waals surface area contributed by atoms with Crippen LogP contribution in [0.3, 0.4) is 0 Å². The van der Waals surface area contributed by atoms with E-state index in [1.54, 1.807) is 17.4 Å². The number of thiazole rings is 1. The predicted octanol–water partition coefficient (Wildman–Crippen LogP) is 4.64. The Bertz CT molecular complexity index is 616. The minimum absolute atomic E-state index is 0.145. The van der Waals surface area contributed by atoms with Crippen molar-refractivity contribution >= 4 is 40.3 Å². The molecule has 0 aliphatic heterocycles. The first-order valence-corrected chi connectivity index (χ1v) is 7.20. The molecule has 2 aromatic rings. The van der Waals surface area contributed by atoms with Gasteiger partial charge in [0.05, 0.1) is 0 Å². The molecule has 0 unspecified atom stereocenters. The van der Waals surface area contributed by atoms with Gasteiger partial charge >= 0.3 is 0 Å². The van der Waals surface area contributed by atoms with Gasteiger partial charge in [-0.2, -0.15) is 0 Å². The first-order chi connectivity index (χ1) is 8.63.